The normalized spacial score (nSPS) is 12.8. The van der Waals surface area contributed by atoms with Crippen LogP contribution in [0.3, 0.4) is 0 Å². The van der Waals surface area contributed by atoms with E-state index in [0.717, 1.165) is 141 Å². The highest BCUT2D eigenvalue weighted by atomic mass is 16.6. The van der Waals surface area contributed by atoms with E-state index in [0.29, 0.717) is 19.3 Å². The van der Waals surface area contributed by atoms with E-state index in [1.165, 1.54) is 122 Å². The van der Waals surface area contributed by atoms with Crippen molar-refractivity contribution in [1.29, 1.82) is 0 Å². The molecule has 0 rings (SSSR count). The second-order valence-corrected chi connectivity index (χ2v) is 21.3. The number of allylic oxidation sites excluding steroid dienone is 18. The maximum Gasteiger partial charge on any atom is 0.306 e. The van der Waals surface area contributed by atoms with Gasteiger partial charge in [-0.2, -0.15) is 0 Å². The van der Waals surface area contributed by atoms with Crippen molar-refractivity contribution in [3.8, 4) is 0 Å². The third-order valence-corrected chi connectivity index (χ3v) is 13.7. The van der Waals surface area contributed by atoms with E-state index in [9.17, 15) is 14.4 Å². The summed E-state index contributed by atoms with van der Waals surface area (Å²) in [5.74, 6) is -0.909. The van der Waals surface area contributed by atoms with Gasteiger partial charge in [-0.05, 0) is 116 Å². The minimum absolute atomic E-state index is 0.0874. The molecule has 0 aliphatic rings. The summed E-state index contributed by atoms with van der Waals surface area (Å²) in [5.41, 5.74) is 0. The number of ether oxygens (including phenoxy) is 3. The highest BCUT2D eigenvalue weighted by Gasteiger charge is 2.19. The molecule has 0 aromatic rings. The van der Waals surface area contributed by atoms with E-state index in [1.54, 1.807) is 0 Å². The lowest BCUT2D eigenvalue weighted by atomic mass is 10.0. The molecule has 0 saturated carbocycles. The summed E-state index contributed by atoms with van der Waals surface area (Å²) in [4.78, 5) is 38.3. The molecule has 0 spiro atoms. The van der Waals surface area contributed by atoms with Crippen LogP contribution in [0, 0.1) is 0 Å². The van der Waals surface area contributed by atoms with Crippen LogP contribution >= 0.6 is 0 Å². The molecule has 0 aliphatic carbocycles. The summed E-state index contributed by atoms with van der Waals surface area (Å²) in [6.07, 6.45) is 88.2. The lowest BCUT2D eigenvalue weighted by Gasteiger charge is -2.18. The lowest BCUT2D eigenvalue weighted by molar-refractivity contribution is -0.167. The number of unbranched alkanes of at least 4 members (excludes halogenated alkanes) is 29. The molecular formula is C71H120O6. The van der Waals surface area contributed by atoms with Crippen molar-refractivity contribution in [2.75, 3.05) is 13.2 Å². The fourth-order valence-corrected chi connectivity index (χ4v) is 8.86. The Labute approximate surface area is 476 Å². The first kappa shape index (κ1) is 73.1. The highest BCUT2D eigenvalue weighted by Crippen LogP contribution is 2.16. The van der Waals surface area contributed by atoms with Crippen LogP contribution in [0.4, 0.5) is 0 Å². The monoisotopic (exact) mass is 1070 g/mol. The predicted octanol–water partition coefficient (Wildman–Crippen LogP) is 22.2. The molecule has 0 saturated heterocycles. The van der Waals surface area contributed by atoms with Gasteiger partial charge in [0, 0.05) is 19.3 Å². The average molecular weight is 1070 g/mol. The van der Waals surface area contributed by atoms with Crippen molar-refractivity contribution in [2.24, 2.45) is 0 Å². The van der Waals surface area contributed by atoms with Crippen LogP contribution in [-0.2, 0) is 28.6 Å². The molecule has 0 radical (unpaired) electrons. The minimum Gasteiger partial charge on any atom is -0.462 e. The van der Waals surface area contributed by atoms with Crippen molar-refractivity contribution < 1.29 is 28.6 Å². The van der Waals surface area contributed by atoms with Crippen LogP contribution in [0.25, 0.3) is 0 Å². The summed E-state index contributed by atoms with van der Waals surface area (Å²) in [6.45, 7) is 6.44. The number of carbonyl (C=O) groups is 3. The maximum absolute atomic E-state index is 12.9. The van der Waals surface area contributed by atoms with Crippen LogP contribution in [-0.4, -0.2) is 37.2 Å². The van der Waals surface area contributed by atoms with Gasteiger partial charge in [0.2, 0.25) is 0 Å². The van der Waals surface area contributed by atoms with Gasteiger partial charge in [-0.25, -0.2) is 0 Å². The number of carbonyl (C=O) groups excluding carboxylic acids is 3. The first-order valence-electron chi connectivity index (χ1n) is 32.4. The zero-order chi connectivity index (χ0) is 55.7. The molecule has 440 valence electrons. The zero-order valence-corrected chi connectivity index (χ0v) is 50.4. The minimum atomic E-state index is -0.792. The van der Waals surface area contributed by atoms with Crippen molar-refractivity contribution in [2.45, 2.75) is 309 Å². The highest BCUT2D eigenvalue weighted by molar-refractivity contribution is 5.71. The molecule has 1 unspecified atom stereocenters. The lowest BCUT2D eigenvalue weighted by Crippen LogP contribution is -2.30. The smallest absolute Gasteiger partial charge is 0.306 e. The largest absolute Gasteiger partial charge is 0.462 e. The molecule has 0 N–H and O–H groups in total. The van der Waals surface area contributed by atoms with Gasteiger partial charge in [0.05, 0.1) is 0 Å². The van der Waals surface area contributed by atoms with Gasteiger partial charge in [0.25, 0.3) is 0 Å². The van der Waals surface area contributed by atoms with Gasteiger partial charge < -0.3 is 14.2 Å². The second kappa shape index (κ2) is 64.6. The number of hydrogen-bond acceptors (Lipinski definition) is 6. The Balaban J connectivity index is 4.22. The molecule has 0 amide bonds. The summed E-state index contributed by atoms with van der Waals surface area (Å²) in [7, 11) is 0. The number of rotatable bonds is 58. The molecule has 0 aromatic carbocycles. The van der Waals surface area contributed by atoms with E-state index in [2.05, 4.69) is 130 Å². The second-order valence-electron chi connectivity index (χ2n) is 21.3. The molecule has 6 heteroatoms. The molecule has 0 aromatic heterocycles. The first-order valence-corrected chi connectivity index (χ1v) is 32.4. The summed E-state index contributed by atoms with van der Waals surface area (Å²) >= 11 is 0. The molecule has 0 heterocycles. The third-order valence-electron chi connectivity index (χ3n) is 13.7. The van der Waals surface area contributed by atoms with E-state index in [4.69, 9.17) is 14.2 Å². The van der Waals surface area contributed by atoms with E-state index < -0.39 is 6.10 Å². The van der Waals surface area contributed by atoms with Gasteiger partial charge in [0.1, 0.15) is 13.2 Å². The molecule has 0 bridgehead atoms. The van der Waals surface area contributed by atoms with Crippen molar-refractivity contribution in [3.63, 3.8) is 0 Å². The van der Waals surface area contributed by atoms with Crippen LogP contribution < -0.4 is 0 Å². The summed E-state index contributed by atoms with van der Waals surface area (Å²) in [6, 6.07) is 0. The molecular weight excluding hydrogens is 949 g/mol. The van der Waals surface area contributed by atoms with Crippen molar-refractivity contribution >= 4 is 17.9 Å². The van der Waals surface area contributed by atoms with Crippen LogP contribution in [0.5, 0.6) is 0 Å². The summed E-state index contributed by atoms with van der Waals surface area (Å²) < 4.78 is 16.9. The van der Waals surface area contributed by atoms with Crippen molar-refractivity contribution in [3.05, 3.63) is 109 Å². The Hall–Kier alpha value is -3.93. The Morgan fingerprint density at radius 2 is 0.506 bits per heavy atom. The Kier molecular flexibility index (Phi) is 61.3. The van der Waals surface area contributed by atoms with Crippen LogP contribution in [0.1, 0.15) is 303 Å². The van der Waals surface area contributed by atoms with Gasteiger partial charge in [-0.3, -0.25) is 14.4 Å². The van der Waals surface area contributed by atoms with Crippen LogP contribution in [0.15, 0.2) is 109 Å². The van der Waals surface area contributed by atoms with Gasteiger partial charge in [0.15, 0.2) is 6.10 Å². The van der Waals surface area contributed by atoms with Gasteiger partial charge in [-0.15, -0.1) is 0 Å². The summed E-state index contributed by atoms with van der Waals surface area (Å²) in [5, 5.41) is 0. The first-order chi connectivity index (χ1) is 38.0. The topological polar surface area (TPSA) is 78.9 Å². The molecule has 0 aliphatic heterocycles. The Morgan fingerprint density at radius 1 is 0.273 bits per heavy atom. The number of esters is 3. The van der Waals surface area contributed by atoms with E-state index >= 15 is 0 Å². The van der Waals surface area contributed by atoms with E-state index in [-0.39, 0.29) is 31.1 Å². The fourth-order valence-electron chi connectivity index (χ4n) is 8.86. The van der Waals surface area contributed by atoms with E-state index in [1.807, 2.05) is 0 Å². The van der Waals surface area contributed by atoms with Crippen molar-refractivity contribution in [1.82, 2.24) is 0 Å². The SMILES string of the molecule is CC/C=C\C/C=C\C/C=C\C/C=C\C/C=C\CCCCCCCCCCCCCCCCCC(=O)OCC(COC(=O)CCCCCCC/C=C\C/C=C\CCCC)OC(=O)CCCCCCC/C=C\C/C=C\CCCC. The average Bonchev–Trinajstić information content (AvgIpc) is 3.43. The molecule has 0 fully saturated rings. The van der Waals surface area contributed by atoms with Gasteiger partial charge >= 0.3 is 17.9 Å². The number of hydrogen-bond donors (Lipinski definition) is 0. The fraction of sp³-hybridized carbons (Fsp3) is 0.704. The predicted molar refractivity (Wildman–Crippen MR) is 334 cm³/mol. The molecule has 1 atom stereocenters. The maximum atomic E-state index is 12.9. The molecule has 6 nitrogen and oxygen atoms in total. The molecule has 77 heavy (non-hydrogen) atoms. The zero-order valence-electron chi connectivity index (χ0n) is 50.4. The quantitative estimate of drug-likeness (QED) is 0.0261. The standard InChI is InChI=1S/C71H120O6/c1-4-7-10-13-16-19-22-25-28-29-30-31-32-33-34-35-36-37-38-39-40-41-42-43-44-47-49-52-55-58-61-64-70(73)76-67-68(77-71(74)65-62-59-56-53-50-46-27-24-21-18-15-12-9-6-3)66-75-69(72)63-60-57-54-51-48-45-26-23-20-17-14-11-8-5-2/h7,10,14-19,23-28,30-31,33-34,68H,4-6,8-9,11-13,20-22,29,32,35-67H2,1-3H3/b10-7-,17-14-,18-15-,19-16-,26-23-,27-24-,28-25-,31-30-,34-33-. The van der Waals surface area contributed by atoms with Crippen LogP contribution in [0.2, 0.25) is 0 Å². The Morgan fingerprint density at radius 3 is 0.792 bits per heavy atom. The van der Waals surface area contributed by atoms with Gasteiger partial charge in [-0.1, -0.05) is 278 Å². The third kappa shape index (κ3) is 62.8. The Bertz CT molecular complexity index is 1560.